The summed E-state index contributed by atoms with van der Waals surface area (Å²) in [7, 11) is 0. The van der Waals surface area contributed by atoms with Crippen LogP contribution in [0.1, 0.15) is 5.56 Å². The minimum atomic E-state index is 0.325. The van der Waals surface area contributed by atoms with Crippen LogP contribution in [0.3, 0.4) is 0 Å². The minimum absolute atomic E-state index is 0.325. The van der Waals surface area contributed by atoms with Crippen LogP contribution in [-0.2, 0) is 0 Å². The lowest BCUT2D eigenvalue weighted by atomic mass is 10.2. The van der Waals surface area contributed by atoms with Crippen molar-refractivity contribution in [2.75, 3.05) is 0 Å². The summed E-state index contributed by atoms with van der Waals surface area (Å²) in [5.74, 6) is 0.675. The van der Waals surface area contributed by atoms with Gasteiger partial charge in [-0.05, 0) is 47.2 Å². The Bertz CT molecular complexity index is 502. The number of aryl methyl sites for hydroxylation is 1. The number of rotatable bonds is 2. The maximum Gasteiger partial charge on any atom is 0.321 e. The number of halogens is 2. The zero-order valence-corrected chi connectivity index (χ0v) is 11.4. The third kappa shape index (κ3) is 2.82. The normalized spacial score (nSPS) is 10.2. The predicted molar refractivity (Wildman–Crippen MR) is 71.0 cm³/mol. The van der Waals surface area contributed by atoms with Gasteiger partial charge in [-0.15, -0.1) is 0 Å². The number of hydrogen-bond acceptors (Lipinski definition) is 3. The highest BCUT2D eigenvalue weighted by molar-refractivity contribution is 14.1. The first-order chi connectivity index (χ1) is 7.65. The Kier molecular flexibility index (Phi) is 3.60. The number of hydrogen-bond donors (Lipinski definition) is 0. The maximum absolute atomic E-state index is 5.89. The standard InChI is InChI=1S/C11H8ClIN2O/c1-7-2-3-8(12)4-10(7)16-11-14-5-9(13)6-15-11/h2-6H,1H3. The zero-order chi connectivity index (χ0) is 11.5. The average molecular weight is 347 g/mol. The molecule has 0 aliphatic rings. The summed E-state index contributed by atoms with van der Waals surface area (Å²) >= 11 is 8.02. The number of nitrogens with zero attached hydrogens (tertiary/aromatic N) is 2. The van der Waals surface area contributed by atoms with E-state index in [1.54, 1.807) is 18.5 Å². The highest BCUT2D eigenvalue weighted by atomic mass is 127. The van der Waals surface area contributed by atoms with Gasteiger partial charge in [-0.1, -0.05) is 17.7 Å². The number of ether oxygens (including phenoxy) is 1. The van der Waals surface area contributed by atoms with Crippen LogP contribution in [0.25, 0.3) is 0 Å². The third-order valence-corrected chi connectivity index (χ3v) is 2.74. The van der Waals surface area contributed by atoms with E-state index in [0.717, 1.165) is 9.13 Å². The van der Waals surface area contributed by atoms with Crippen LogP contribution in [0.2, 0.25) is 5.02 Å². The monoisotopic (exact) mass is 346 g/mol. The highest BCUT2D eigenvalue weighted by Gasteiger charge is 2.04. The largest absolute Gasteiger partial charge is 0.424 e. The van der Waals surface area contributed by atoms with E-state index in [2.05, 4.69) is 32.6 Å². The fourth-order valence-electron chi connectivity index (χ4n) is 1.14. The van der Waals surface area contributed by atoms with E-state index in [1.807, 2.05) is 19.1 Å². The van der Waals surface area contributed by atoms with Crippen molar-refractivity contribution in [1.29, 1.82) is 0 Å². The molecule has 0 atom stereocenters. The van der Waals surface area contributed by atoms with Gasteiger partial charge in [0, 0.05) is 21.0 Å². The van der Waals surface area contributed by atoms with Crippen molar-refractivity contribution < 1.29 is 4.74 Å². The number of benzene rings is 1. The molecule has 0 radical (unpaired) electrons. The smallest absolute Gasteiger partial charge is 0.321 e. The molecule has 0 amide bonds. The summed E-state index contributed by atoms with van der Waals surface area (Å²) in [5, 5.41) is 0.631. The van der Waals surface area contributed by atoms with Gasteiger partial charge in [0.05, 0.1) is 0 Å². The fraction of sp³-hybridized carbons (Fsp3) is 0.0909. The van der Waals surface area contributed by atoms with E-state index in [1.165, 1.54) is 0 Å². The zero-order valence-electron chi connectivity index (χ0n) is 8.45. The molecular weight excluding hydrogens is 338 g/mol. The van der Waals surface area contributed by atoms with Crippen LogP contribution >= 0.6 is 34.2 Å². The Morgan fingerprint density at radius 3 is 2.62 bits per heavy atom. The van der Waals surface area contributed by atoms with Crippen molar-refractivity contribution in [2.45, 2.75) is 6.92 Å². The van der Waals surface area contributed by atoms with Crippen molar-refractivity contribution in [1.82, 2.24) is 9.97 Å². The van der Waals surface area contributed by atoms with E-state index >= 15 is 0 Å². The van der Waals surface area contributed by atoms with Crippen molar-refractivity contribution in [3.05, 3.63) is 44.7 Å². The lowest BCUT2D eigenvalue weighted by Gasteiger charge is -2.06. The molecule has 0 aliphatic heterocycles. The van der Waals surface area contributed by atoms with Crippen LogP contribution in [0.15, 0.2) is 30.6 Å². The third-order valence-electron chi connectivity index (χ3n) is 1.95. The molecule has 2 rings (SSSR count). The van der Waals surface area contributed by atoms with Crippen molar-refractivity contribution in [2.24, 2.45) is 0 Å². The second kappa shape index (κ2) is 4.97. The second-order valence-corrected chi connectivity index (χ2v) is 4.88. The Labute approximate surface area is 112 Å². The van der Waals surface area contributed by atoms with Crippen molar-refractivity contribution in [3.8, 4) is 11.8 Å². The Morgan fingerprint density at radius 2 is 1.94 bits per heavy atom. The Morgan fingerprint density at radius 1 is 1.25 bits per heavy atom. The number of aromatic nitrogens is 2. The first-order valence-electron chi connectivity index (χ1n) is 4.57. The minimum Gasteiger partial charge on any atom is -0.424 e. The SMILES string of the molecule is Cc1ccc(Cl)cc1Oc1ncc(I)cn1. The highest BCUT2D eigenvalue weighted by Crippen LogP contribution is 2.25. The van der Waals surface area contributed by atoms with Crippen LogP contribution < -0.4 is 4.74 Å². The molecule has 0 aliphatic carbocycles. The van der Waals surface area contributed by atoms with Crippen molar-refractivity contribution in [3.63, 3.8) is 0 Å². The van der Waals surface area contributed by atoms with Crippen LogP contribution in [-0.4, -0.2) is 9.97 Å². The average Bonchev–Trinajstić information content (AvgIpc) is 2.27. The fourth-order valence-corrected chi connectivity index (χ4v) is 1.58. The molecule has 0 fully saturated rings. The first kappa shape index (κ1) is 11.6. The van der Waals surface area contributed by atoms with Crippen LogP contribution in [0.5, 0.6) is 11.8 Å². The van der Waals surface area contributed by atoms with Gasteiger partial charge in [-0.3, -0.25) is 0 Å². The summed E-state index contributed by atoms with van der Waals surface area (Å²) in [6.07, 6.45) is 3.39. The topological polar surface area (TPSA) is 35.0 Å². The Hall–Kier alpha value is -0.880. The molecule has 1 aromatic heterocycles. The molecule has 2 aromatic rings. The molecule has 0 saturated carbocycles. The molecule has 0 bridgehead atoms. The second-order valence-electron chi connectivity index (χ2n) is 3.20. The molecule has 0 spiro atoms. The first-order valence-corrected chi connectivity index (χ1v) is 6.02. The van der Waals surface area contributed by atoms with Gasteiger partial charge < -0.3 is 4.74 Å². The van der Waals surface area contributed by atoms with E-state index in [4.69, 9.17) is 16.3 Å². The Balaban J connectivity index is 2.26. The van der Waals surface area contributed by atoms with Crippen molar-refractivity contribution >= 4 is 34.2 Å². The molecule has 0 saturated heterocycles. The van der Waals surface area contributed by atoms with Gasteiger partial charge in [0.1, 0.15) is 5.75 Å². The van der Waals surface area contributed by atoms with E-state index in [9.17, 15) is 0 Å². The molecule has 1 heterocycles. The molecule has 5 heteroatoms. The van der Waals surface area contributed by atoms with E-state index in [0.29, 0.717) is 16.8 Å². The predicted octanol–water partition coefficient (Wildman–Crippen LogP) is 3.84. The van der Waals surface area contributed by atoms with Crippen LogP contribution in [0, 0.1) is 10.5 Å². The van der Waals surface area contributed by atoms with E-state index < -0.39 is 0 Å². The van der Waals surface area contributed by atoms with Gasteiger partial charge in [0.2, 0.25) is 0 Å². The quantitative estimate of drug-likeness (QED) is 0.775. The summed E-state index contributed by atoms with van der Waals surface area (Å²) in [4.78, 5) is 8.12. The summed E-state index contributed by atoms with van der Waals surface area (Å²) < 4.78 is 6.50. The molecule has 1 aromatic carbocycles. The molecule has 82 valence electrons. The molecule has 16 heavy (non-hydrogen) atoms. The van der Waals surface area contributed by atoms with Gasteiger partial charge in [0.15, 0.2) is 0 Å². The van der Waals surface area contributed by atoms with Gasteiger partial charge >= 0.3 is 6.01 Å². The lowest BCUT2D eigenvalue weighted by Crippen LogP contribution is -1.93. The van der Waals surface area contributed by atoms with Crippen LogP contribution in [0.4, 0.5) is 0 Å². The van der Waals surface area contributed by atoms with Gasteiger partial charge in [-0.2, -0.15) is 0 Å². The molecule has 0 unspecified atom stereocenters. The summed E-state index contributed by atoms with van der Waals surface area (Å²) in [6.45, 7) is 1.94. The van der Waals surface area contributed by atoms with E-state index in [-0.39, 0.29) is 0 Å². The van der Waals surface area contributed by atoms with Gasteiger partial charge in [-0.25, -0.2) is 9.97 Å². The van der Waals surface area contributed by atoms with Gasteiger partial charge in [0.25, 0.3) is 0 Å². The lowest BCUT2D eigenvalue weighted by molar-refractivity contribution is 0.438. The summed E-state index contributed by atoms with van der Waals surface area (Å²) in [6, 6.07) is 5.78. The molecule has 3 nitrogen and oxygen atoms in total. The molecular formula is C11H8ClIN2O. The molecule has 0 N–H and O–H groups in total. The maximum atomic E-state index is 5.89. The summed E-state index contributed by atoms with van der Waals surface area (Å²) in [5.41, 5.74) is 0.992.